The van der Waals surface area contributed by atoms with Gasteiger partial charge in [0.25, 0.3) is 0 Å². The molecule has 3 rings (SSSR count). The van der Waals surface area contributed by atoms with Gasteiger partial charge in [-0.3, -0.25) is 0 Å². The average Bonchev–Trinajstić information content (AvgIpc) is 2.90. The van der Waals surface area contributed by atoms with E-state index >= 15 is 0 Å². The van der Waals surface area contributed by atoms with E-state index in [9.17, 15) is 22.7 Å². The van der Waals surface area contributed by atoms with E-state index in [1.807, 2.05) is 6.26 Å². The Hall–Kier alpha value is -1.27. The average molecular weight is 482 g/mol. The lowest BCUT2D eigenvalue weighted by atomic mass is 10.0. The van der Waals surface area contributed by atoms with Crippen molar-refractivity contribution in [2.24, 2.45) is 0 Å². The number of aliphatic hydroxyl groups is 1. The summed E-state index contributed by atoms with van der Waals surface area (Å²) in [5.74, 6) is -1.02. The fourth-order valence-corrected chi connectivity index (χ4v) is 3.66. The summed E-state index contributed by atoms with van der Waals surface area (Å²) in [6.45, 7) is 1.85. The summed E-state index contributed by atoms with van der Waals surface area (Å²) in [5.41, 5.74) is -0.507. The highest BCUT2D eigenvalue weighted by Gasteiger charge is 2.41. The van der Waals surface area contributed by atoms with Crippen LogP contribution >= 0.6 is 27.7 Å². The lowest BCUT2D eigenvalue weighted by molar-refractivity contribution is -0.154. The lowest BCUT2D eigenvalue weighted by Gasteiger charge is -2.24. The number of alkyl halides is 3. The molecule has 11 heteroatoms. The number of ether oxygens (including phenoxy) is 1. The summed E-state index contributed by atoms with van der Waals surface area (Å²) in [5, 5.41) is 10.8. The van der Waals surface area contributed by atoms with E-state index in [1.54, 1.807) is 13.1 Å². The van der Waals surface area contributed by atoms with Gasteiger partial charge < -0.3 is 9.84 Å². The minimum atomic E-state index is -4.68. The molecule has 2 aromatic rings. The van der Waals surface area contributed by atoms with Crippen LogP contribution in [0.3, 0.4) is 0 Å². The predicted molar refractivity (Wildman–Crippen MR) is 97.8 cm³/mol. The van der Waals surface area contributed by atoms with Gasteiger partial charge in [0, 0.05) is 18.8 Å². The highest BCUT2D eigenvalue weighted by Crippen LogP contribution is 2.38. The first kappa shape index (κ1) is 21.4. The van der Waals surface area contributed by atoms with Crippen molar-refractivity contribution in [3.05, 3.63) is 51.5 Å². The molecule has 0 aliphatic carbocycles. The van der Waals surface area contributed by atoms with Crippen molar-refractivity contribution in [3.8, 4) is 0 Å². The van der Waals surface area contributed by atoms with E-state index < -0.39 is 36.1 Å². The third-order valence-corrected chi connectivity index (χ3v) is 5.62. The van der Waals surface area contributed by atoms with Crippen molar-refractivity contribution in [3.63, 3.8) is 0 Å². The first-order valence-electron chi connectivity index (χ1n) is 8.12. The van der Waals surface area contributed by atoms with Crippen LogP contribution in [-0.2, 0) is 17.5 Å². The van der Waals surface area contributed by atoms with Gasteiger partial charge in [-0.2, -0.15) is 13.2 Å². The fourth-order valence-electron chi connectivity index (χ4n) is 2.98. The van der Waals surface area contributed by atoms with E-state index in [2.05, 4.69) is 25.9 Å². The van der Waals surface area contributed by atoms with Crippen LogP contribution in [0.1, 0.15) is 29.8 Å². The second-order valence-corrected chi connectivity index (χ2v) is 7.85. The van der Waals surface area contributed by atoms with Crippen LogP contribution in [0.15, 0.2) is 34.0 Å². The minimum Gasteiger partial charge on any atom is -0.356 e. The molecule has 2 heterocycles. The van der Waals surface area contributed by atoms with Crippen molar-refractivity contribution >= 4 is 27.7 Å². The molecule has 0 bridgehead atoms. The molecule has 1 aliphatic rings. The number of hydrogen-bond donors (Lipinski definition) is 1. The zero-order chi connectivity index (χ0) is 20.6. The van der Waals surface area contributed by atoms with Crippen LogP contribution in [0.5, 0.6) is 0 Å². The molecular formula is C17H16BrF4N3O2S. The SMILES string of the molecule is CSc1ncc(Br)c(CN2C(O)OC(c3cc(F)cc(C(F)(F)F)c3)C2C)n1. The van der Waals surface area contributed by atoms with Gasteiger partial charge in [-0.25, -0.2) is 19.3 Å². The molecule has 1 aromatic heterocycles. The first-order chi connectivity index (χ1) is 13.1. The van der Waals surface area contributed by atoms with Crippen LogP contribution in [0, 0.1) is 5.82 Å². The maximum absolute atomic E-state index is 13.8. The molecule has 0 radical (unpaired) electrons. The second-order valence-electron chi connectivity index (χ2n) is 6.22. The number of halogens is 5. The zero-order valence-electron chi connectivity index (χ0n) is 14.7. The Labute approximate surface area is 171 Å². The van der Waals surface area contributed by atoms with Gasteiger partial charge in [-0.15, -0.1) is 0 Å². The van der Waals surface area contributed by atoms with Gasteiger partial charge in [-0.1, -0.05) is 11.8 Å². The van der Waals surface area contributed by atoms with Gasteiger partial charge in [-0.05, 0) is 52.9 Å². The Morgan fingerprint density at radius 2 is 2.04 bits per heavy atom. The molecular weight excluding hydrogens is 466 g/mol. The van der Waals surface area contributed by atoms with Gasteiger partial charge in [0.2, 0.25) is 6.41 Å². The summed E-state index contributed by atoms with van der Waals surface area (Å²) in [7, 11) is 0. The van der Waals surface area contributed by atoms with Crippen molar-refractivity contribution in [2.75, 3.05) is 6.26 Å². The summed E-state index contributed by atoms with van der Waals surface area (Å²) in [6, 6.07) is 1.73. The summed E-state index contributed by atoms with van der Waals surface area (Å²) < 4.78 is 58.8. The summed E-state index contributed by atoms with van der Waals surface area (Å²) >= 11 is 4.70. The van der Waals surface area contributed by atoms with Gasteiger partial charge in [0.05, 0.1) is 15.7 Å². The second kappa shape index (κ2) is 8.23. The number of hydrogen-bond acceptors (Lipinski definition) is 6. The number of thioether (sulfide) groups is 1. The van der Waals surface area contributed by atoms with Gasteiger partial charge in [0.15, 0.2) is 5.16 Å². The Morgan fingerprint density at radius 3 is 2.68 bits per heavy atom. The Morgan fingerprint density at radius 1 is 1.32 bits per heavy atom. The number of aromatic nitrogens is 2. The highest BCUT2D eigenvalue weighted by atomic mass is 79.9. The molecule has 3 atom stereocenters. The van der Waals surface area contributed by atoms with E-state index in [1.165, 1.54) is 16.7 Å². The number of nitrogens with zero attached hydrogens (tertiary/aromatic N) is 3. The summed E-state index contributed by atoms with van der Waals surface area (Å²) in [6.07, 6.45) is -3.59. The Balaban J connectivity index is 1.87. The molecule has 1 aromatic carbocycles. The molecule has 3 unspecified atom stereocenters. The monoisotopic (exact) mass is 481 g/mol. The Kier molecular flexibility index (Phi) is 6.30. The molecule has 0 saturated carbocycles. The van der Waals surface area contributed by atoms with Gasteiger partial charge in [0.1, 0.15) is 11.9 Å². The smallest absolute Gasteiger partial charge is 0.356 e. The fraction of sp³-hybridized carbons (Fsp3) is 0.412. The number of rotatable bonds is 4. The first-order valence-corrected chi connectivity index (χ1v) is 10.1. The topological polar surface area (TPSA) is 58.5 Å². The van der Waals surface area contributed by atoms with Crippen molar-refractivity contribution in [1.82, 2.24) is 14.9 Å². The number of aliphatic hydroxyl groups excluding tert-OH is 1. The largest absolute Gasteiger partial charge is 0.416 e. The van der Waals surface area contributed by atoms with Crippen molar-refractivity contribution in [2.45, 2.75) is 43.4 Å². The van der Waals surface area contributed by atoms with Crippen LogP contribution in [-0.4, -0.2) is 38.7 Å². The van der Waals surface area contributed by atoms with Crippen LogP contribution in [0.4, 0.5) is 17.6 Å². The third kappa shape index (κ3) is 4.48. The molecule has 1 aliphatic heterocycles. The standard InChI is InChI=1S/C17H16BrF4N3O2S/c1-8-14(9-3-10(17(20,21)22)5-11(19)4-9)27-16(26)25(8)7-13-12(18)6-23-15(24-13)28-2/h3-6,8,14,16,26H,7H2,1-2H3. The molecule has 1 fully saturated rings. The lowest BCUT2D eigenvalue weighted by Crippen LogP contribution is -2.35. The third-order valence-electron chi connectivity index (χ3n) is 4.40. The molecule has 152 valence electrons. The van der Waals surface area contributed by atoms with E-state index in [4.69, 9.17) is 4.74 Å². The van der Waals surface area contributed by atoms with E-state index in [-0.39, 0.29) is 12.1 Å². The quantitative estimate of drug-likeness (QED) is 0.397. The zero-order valence-corrected chi connectivity index (χ0v) is 17.1. The van der Waals surface area contributed by atoms with Crippen LogP contribution in [0.25, 0.3) is 0 Å². The molecule has 0 amide bonds. The van der Waals surface area contributed by atoms with E-state index in [0.717, 1.165) is 12.1 Å². The van der Waals surface area contributed by atoms with Crippen molar-refractivity contribution < 1.29 is 27.4 Å². The summed E-state index contributed by atoms with van der Waals surface area (Å²) in [4.78, 5) is 10.0. The van der Waals surface area contributed by atoms with Crippen LogP contribution < -0.4 is 0 Å². The number of benzene rings is 1. The maximum atomic E-state index is 13.8. The molecule has 1 N–H and O–H groups in total. The van der Waals surface area contributed by atoms with E-state index in [0.29, 0.717) is 21.4 Å². The maximum Gasteiger partial charge on any atom is 0.416 e. The predicted octanol–water partition coefficient (Wildman–Crippen LogP) is 4.36. The van der Waals surface area contributed by atoms with Crippen molar-refractivity contribution in [1.29, 1.82) is 0 Å². The molecule has 0 spiro atoms. The van der Waals surface area contributed by atoms with Gasteiger partial charge >= 0.3 is 6.18 Å². The Bertz CT molecular complexity index is 871. The highest BCUT2D eigenvalue weighted by molar-refractivity contribution is 9.10. The molecule has 5 nitrogen and oxygen atoms in total. The molecule has 28 heavy (non-hydrogen) atoms. The minimum absolute atomic E-state index is 0.00734. The normalized spacial score (nSPS) is 23.4. The molecule has 1 saturated heterocycles. The van der Waals surface area contributed by atoms with Crippen LogP contribution in [0.2, 0.25) is 0 Å².